The molecular weight excluding hydrogens is 232 g/mol. The van der Waals surface area contributed by atoms with Crippen LogP contribution in [0.15, 0.2) is 0 Å². The van der Waals surface area contributed by atoms with Gasteiger partial charge in [-0.1, -0.05) is 0 Å². The fourth-order valence-electron chi connectivity index (χ4n) is 1.40. The van der Waals surface area contributed by atoms with E-state index in [1.807, 2.05) is 0 Å². The lowest BCUT2D eigenvalue weighted by Crippen LogP contribution is -2.32. The second kappa shape index (κ2) is 5.80. The van der Waals surface area contributed by atoms with Gasteiger partial charge in [-0.15, -0.1) is 23.5 Å². The minimum Gasteiger partial charge on any atom is -0.464 e. The zero-order valence-corrected chi connectivity index (χ0v) is 10.7. The van der Waals surface area contributed by atoms with Crippen LogP contribution in [-0.2, 0) is 14.3 Å². The van der Waals surface area contributed by atoms with Crippen LogP contribution in [0, 0.1) is 0 Å². The van der Waals surface area contributed by atoms with E-state index in [1.54, 1.807) is 37.4 Å². The Bertz CT molecular complexity index is 247. The molecule has 0 aliphatic carbocycles. The van der Waals surface area contributed by atoms with Gasteiger partial charge in [-0.05, 0) is 20.3 Å². The monoisotopic (exact) mass is 248 g/mol. The van der Waals surface area contributed by atoms with Crippen molar-refractivity contribution >= 4 is 35.3 Å². The molecule has 1 fully saturated rings. The summed E-state index contributed by atoms with van der Waals surface area (Å²) < 4.78 is 4.56. The normalized spacial score (nSPS) is 18.8. The molecule has 0 radical (unpaired) electrons. The number of carbonyl (C=O) groups is 2. The molecule has 0 N–H and O–H groups in total. The predicted molar refractivity (Wildman–Crippen MR) is 64.2 cm³/mol. The van der Waals surface area contributed by atoms with E-state index >= 15 is 0 Å². The van der Waals surface area contributed by atoms with Crippen molar-refractivity contribution < 1.29 is 14.3 Å². The van der Waals surface area contributed by atoms with Crippen molar-refractivity contribution in [1.29, 1.82) is 0 Å². The molecule has 1 aliphatic heterocycles. The molecule has 0 bridgehead atoms. The summed E-state index contributed by atoms with van der Waals surface area (Å²) in [6, 6.07) is 0. The third kappa shape index (κ3) is 3.41. The van der Waals surface area contributed by atoms with E-state index in [1.165, 1.54) is 0 Å². The SMILES string of the molecule is CCOC(=O)C1(CCC(C)=O)SCCS1. The van der Waals surface area contributed by atoms with Gasteiger partial charge in [0.1, 0.15) is 5.78 Å². The summed E-state index contributed by atoms with van der Waals surface area (Å²) >= 11 is 3.23. The van der Waals surface area contributed by atoms with Crippen LogP contribution in [0.4, 0.5) is 0 Å². The van der Waals surface area contributed by atoms with Crippen molar-refractivity contribution in [3.8, 4) is 0 Å². The fraction of sp³-hybridized carbons (Fsp3) is 0.800. The van der Waals surface area contributed by atoms with Gasteiger partial charge in [0.05, 0.1) is 6.61 Å². The minimum absolute atomic E-state index is 0.131. The zero-order chi connectivity index (χ0) is 11.3. The predicted octanol–water partition coefficient (Wildman–Crippen LogP) is 2.09. The molecule has 0 saturated carbocycles. The third-order valence-corrected chi connectivity index (χ3v) is 5.60. The summed E-state index contributed by atoms with van der Waals surface area (Å²) in [5.74, 6) is 1.88. The van der Waals surface area contributed by atoms with Crippen molar-refractivity contribution in [3.63, 3.8) is 0 Å². The number of hydrogen-bond acceptors (Lipinski definition) is 5. The Morgan fingerprint density at radius 3 is 2.40 bits per heavy atom. The molecule has 15 heavy (non-hydrogen) atoms. The molecule has 1 heterocycles. The maximum atomic E-state index is 11.8. The number of thioether (sulfide) groups is 2. The van der Waals surface area contributed by atoms with Crippen LogP contribution < -0.4 is 0 Å². The highest BCUT2D eigenvalue weighted by molar-refractivity contribution is 8.22. The van der Waals surface area contributed by atoms with Gasteiger partial charge in [-0.3, -0.25) is 0 Å². The number of carbonyl (C=O) groups excluding carboxylic acids is 2. The van der Waals surface area contributed by atoms with Gasteiger partial charge in [0.25, 0.3) is 0 Å². The maximum Gasteiger partial charge on any atom is 0.332 e. The minimum atomic E-state index is -0.512. The summed E-state index contributed by atoms with van der Waals surface area (Å²) in [7, 11) is 0. The van der Waals surface area contributed by atoms with Crippen molar-refractivity contribution in [2.45, 2.75) is 30.8 Å². The van der Waals surface area contributed by atoms with Gasteiger partial charge in [-0.2, -0.15) is 0 Å². The quantitative estimate of drug-likeness (QED) is 0.697. The second-order valence-electron chi connectivity index (χ2n) is 3.37. The van der Waals surface area contributed by atoms with Gasteiger partial charge in [0.2, 0.25) is 0 Å². The molecule has 3 nitrogen and oxygen atoms in total. The molecule has 0 aromatic carbocycles. The molecule has 0 unspecified atom stereocenters. The summed E-state index contributed by atoms with van der Waals surface area (Å²) in [5, 5.41) is 0. The number of ether oxygens (including phenoxy) is 1. The van der Waals surface area contributed by atoms with Gasteiger partial charge in [0.15, 0.2) is 4.08 Å². The van der Waals surface area contributed by atoms with Crippen LogP contribution >= 0.6 is 23.5 Å². The Balaban J connectivity index is 2.61. The Morgan fingerprint density at radius 2 is 1.93 bits per heavy atom. The number of esters is 1. The molecule has 1 aliphatic rings. The second-order valence-corrected chi connectivity index (χ2v) is 6.42. The Kier molecular flexibility index (Phi) is 4.99. The molecule has 0 aromatic rings. The number of ketones is 1. The highest BCUT2D eigenvalue weighted by atomic mass is 32.2. The zero-order valence-electron chi connectivity index (χ0n) is 9.08. The molecule has 5 heteroatoms. The van der Waals surface area contributed by atoms with E-state index < -0.39 is 4.08 Å². The first-order valence-electron chi connectivity index (χ1n) is 5.05. The van der Waals surface area contributed by atoms with Crippen molar-refractivity contribution in [2.75, 3.05) is 18.1 Å². The van der Waals surface area contributed by atoms with E-state index in [2.05, 4.69) is 0 Å². The standard InChI is InChI=1S/C10H16O3S2/c1-3-13-9(12)10(5-4-8(2)11)14-6-7-15-10/h3-7H2,1-2H3. The van der Waals surface area contributed by atoms with Crippen LogP contribution in [0.2, 0.25) is 0 Å². The average Bonchev–Trinajstić information content (AvgIpc) is 2.65. The maximum absolute atomic E-state index is 11.8. The van der Waals surface area contributed by atoms with E-state index in [4.69, 9.17) is 4.74 Å². The molecule has 1 saturated heterocycles. The number of Topliss-reactive ketones (excluding diaryl/α,β-unsaturated/α-hetero) is 1. The number of hydrogen-bond donors (Lipinski definition) is 0. The van der Waals surface area contributed by atoms with Crippen molar-refractivity contribution in [3.05, 3.63) is 0 Å². The van der Waals surface area contributed by atoms with E-state index in [0.29, 0.717) is 19.4 Å². The van der Waals surface area contributed by atoms with Crippen LogP contribution in [0.5, 0.6) is 0 Å². The van der Waals surface area contributed by atoms with Crippen molar-refractivity contribution in [2.24, 2.45) is 0 Å². The van der Waals surface area contributed by atoms with Gasteiger partial charge < -0.3 is 9.53 Å². The first-order chi connectivity index (χ1) is 7.10. The van der Waals surface area contributed by atoms with Crippen LogP contribution in [0.1, 0.15) is 26.7 Å². The summed E-state index contributed by atoms with van der Waals surface area (Å²) in [6.07, 6.45) is 1.05. The van der Waals surface area contributed by atoms with Gasteiger partial charge in [0, 0.05) is 17.9 Å². The Hall–Kier alpha value is -0.160. The summed E-state index contributed by atoms with van der Waals surface area (Å²) in [4.78, 5) is 22.8. The molecule has 86 valence electrons. The smallest absolute Gasteiger partial charge is 0.332 e. The first-order valence-corrected chi connectivity index (χ1v) is 7.02. The Morgan fingerprint density at radius 1 is 1.33 bits per heavy atom. The highest BCUT2D eigenvalue weighted by Crippen LogP contribution is 2.48. The Labute approximate surface area is 98.7 Å². The van der Waals surface area contributed by atoms with E-state index in [0.717, 1.165) is 11.5 Å². The summed E-state index contributed by atoms with van der Waals surface area (Å²) in [5.41, 5.74) is 0. The fourth-order valence-corrected chi connectivity index (χ4v) is 4.41. The van der Waals surface area contributed by atoms with E-state index in [-0.39, 0.29) is 11.8 Å². The topological polar surface area (TPSA) is 43.4 Å². The first kappa shape index (κ1) is 12.9. The molecule has 1 rings (SSSR count). The third-order valence-electron chi connectivity index (χ3n) is 2.15. The summed E-state index contributed by atoms with van der Waals surface area (Å²) in [6.45, 7) is 3.77. The van der Waals surface area contributed by atoms with Crippen LogP contribution in [0.25, 0.3) is 0 Å². The van der Waals surface area contributed by atoms with Crippen molar-refractivity contribution in [1.82, 2.24) is 0 Å². The molecular formula is C10H16O3S2. The highest BCUT2D eigenvalue weighted by Gasteiger charge is 2.44. The van der Waals surface area contributed by atoms with Gasteiger partial charge in [-0.25, -0.2) is 4.79 Å². The lowest BCUT2D eigenvalue weighted by Gasteiger charge is -2.23. The average molecular weight is 248 g/mol. The number of rotatable bonds is 5. The molecule has 0 spiro atoms. The lowest BCUT2D eigenvalue weighted by molar-refractivity contribution is -0.143. The van der Waals surface area contributed by atoms with Gasteiger partial charge >= 0.3 is 5.97 Å². The lowest BCUT2D eigenvalue weighted by atomic mass is 10.2. The molecule has 0 amide bonds. The molecule has 0 atom stereocenters. The van der Waals surface area contributed by atoms with Crippen LogP contribution in [-0.4, -0.2) is 33.9 Å². The van der Waals surface area contributed by atoms with Crippen LogP contribution in [0.3, 0.4) is 0 Å². The van der Waals surface area contributed by atoms with E-state index in [9.17, 15) is 9.59 Å². The molecule has 0 aromatic heterocycles. The largest absolute Gasteiger partial charge is 0.464 e.